The monoisotopic (exact) mass is 277 g/mol. The highest BCUT2D eigenvalue weighted by Crippen LogP contribution is 2.39. The van der Waals surface area contributed by atoms with Crippen LogP contribution in [0.3, 0.4) is 0 Å². The summed E-state index contributed by atoms with van der Waals surface area (Å²) in [5, 5.41) is 13.2. The van der Waals surface area contributed by atoms with Crippen molar-refractivity contribution in [2.75, 3.05) is 6.54 Å². The van der Waals surface area contributed by atoms with Crippen LogP contribution >= 0.6 is 0 Å². The van der Waals surface area contributed by atoms with Crippen LogP contribution in [0.15, 0.2) is 12.4 Å². The van der Waals surface area contributed by atoms with Gasteiger partial charge >= 0.3 is 5.97 Å². The molecular weight excluding hydrogens is 254 g/mol. The Kier molecular flexibility index (Phi) is 3.78. The molecule has 2 saturated heterocycles. The number of rotatable bonds is 5. The highest BCUT2D eigenvalue weighted by Gasteiger charge is 2.40. The molecule has 2 aliphatic rings. The minimum atomic E-state index is -0.641. The van der Waals surface area contributed by atoms with Crippen molar-refractivity contribution in [3.05, 3.63) is 18.0 Å². The number of carboxylic acid groups (broad SMARTS) is 1. The summed E-state index contributed by atoms with van der Waals surface area (Å²) in [7, 11) is 1.95. The number of aryl methyl sites for hydroxylation is 1. The van der Waals surface area contributed by atoms with Crippen LogP contribution in [0.5, 0.6) is 0 Å². The van der Waals surface area contributed by atoms with Gasteiger partial charge < -0.3 is 5.11 Å². The molecule has 5 heteroatoms. The van der Waals surface area contributed by atoms with E-state index in [1.54, 1.807) is 0 Å². The van der Waals surface area contributed by atoms with E-state index < -0.39 is 5.97 Å². The van der Waals surface area contributed by atoms with Gasteiger partial charge in [-0.1, -0.05) is 0 Å². The van der Waals surface area contributed by atoms with Crippen LogP contribution in [0.1, 0.15) is 37.7 Å². The number of aromatic nitrogens is 2. The third-order valence-electron chi connectivity index (χ3n) is 4.86. The first-order valence-corrected chi connectivity index (χ1v) is 7.57. The fourth-order valence-corrected chi connectivity index (χ4v) is 4.02. The molecule has 2 atom stereocenters. The van der Waals surface area contributed by atoms with E-state index in [1.807, 2.05) is 17.9 Å². The van der Waals surface area contributed by atoms with Crippen molar-refractivity contribution in [2.45, 2.75) is 50.6 Å². The third-order valence-corrected chi connectivity index (χ3v) is 4.86. The summed E-state index contributed by atoms with van der Waals surface area (Å²) in [4.78, 5) is 13.5. The first-order chi connectivity index (χ1) is 9.61. The second kappa shape index (κ2) is 5.56. The van der Waals surface area contributed by atoms with Crippen LogP contribution in [0.4, 0.5) is 0 Å². The lowest BCUT2D eigenvalue weighted by atomic mass is 9.88. The molecule has 1 N–H and O–H groups in total. The van der Waals surface area contributed by atoms with Crippen LogP contribution in [0, 0.1) is 5.92 Å². The van der Waals surface area contributed by atoms with Gasteiger partial charge in [0.15, 0.2) is 0 Å². The maximum absolute atomic E-state index is 10.9. The van der Waals surface area contributed by atoms with Crippen molar-refractivity contribution >= 4 is 5.97 Å². The van der Waals surface area contributed by atoms with Crippen LogP contribution in [-0.4, -0.2) is 44.4 Å². The molecule has 0 spiro atoms. The van der Waals surface area contributed by atoms with Gasteiger partial charge in [0, 0.05) is 38.3 Å². The van der Waals surface area contributed by atoms with Gasteiger partial charge in [0.2, 0.25) is 0 Å². The van der Waals surface area contributed by atoms with Gasteiger partial charge in [0.05, 0.1) is 6.20 Å². The van der Waals surface area contributed by atoms with Crippen LogP contribution in [0.25, 0.3) is 0 Å². The minimum absolute atomic E-state index is 0.351. The maximum Gasteiger partial charge on any atom is 0.303 e. The first kappa shape index (κ1) is 13.6. The Balaban J connectivity index is 1.55. The highest BCUT2D eigenvalue weighted by atomic mass is 16.4. The zero-order valence-corrected chi connectivity index (χ0v) is 12.0. The Labute approximate surface area is 119 Å². The molecule has 0 saturated carbocycles. The predicted octanol–water partition coefficient (Wildman–Crippen LogP) is 1.68. The molecule has 20 heavy (non-hydrogen) atoms. The Hall–Kier alpha value is -1.36. The van der Waals surface area contributed by atoms with Gasteiger partial charge in [-0.05, 0) is 43.6 Å². The van der Waals surface area contributed by atoms with Gasteiger partial charge in [0.25, 0.3) is 0 Å². The largest absolute Gasteiger partial charge is 0.481 e. The molecule has 2 bridgehead atoms. The van der Waals surface area contributed by atoms with E-state index >= 15 is 0 Å². The number of nitrogens with zero attached hydrogens (tertiary/aromatic N) is 3. The molecule has 1 aromatic heterocycles. The maximum atomic E-state index is 10.9. The van der Waals surface area contributed by atoms with Gasteiger partial charge in [-0.2, -0.15) is 5.10 Å². The molecular formula is C15H23N3O2. The van der Waals surface area contributed by atoms with Crippen LogP contribution in [-0.2, 0) is 18.3 Å². The molecule has 0 amide bonds. The minimum Gasteiger partial charge on any atom is -0.481 e. The average molecular weight is 277 g/mol. The van der Waals surface area contributed by atoms with Gasteiger partial charge in [-0.25, -0.2) is 0 Å². The SMILES string of the molecule is Cn1cc(CCN2C3CCC2CC(CC(=O)O)C3)cn1. The zero-order chi connectivity index (χ0) is 14.1. The fourth-order valence-electron chi connectivity index (χ4n) is 4.02. The summed E-state index contributed by atoms with van der Waals surface area (Å²) in [5.41, 5.74) is 1.29. The number of carbonyl (C=O) groups is 1. The highest BCUT2D eigenvalue weighted by molar-refractivity contribution is 5.67. The number of piperidine rings is 1. The van der Waals surface area contributed by atoms with E-state index in [4.69, 9.17) is 5.11 Å². The molecule has 5 nitrogen and oxygen atoms in total. The van der Waals surface area contributed by atoms with Crippen molar-refractivity contribution in [1.82, 2.24) is 14.7 Å². The number of hydrogen-bond acceptors (Lipinski definition) is 3. The Bertz CT molecular complexity index is 471. The second-order valence-electron chi connectivity index (χ2n) is 6.33. The number of fused-ring (bicyclic) bond motifs is 2. The molecule has 1 aromatic rings. The Morgan fingerprint density at radius 1 is 1.40 bits per heavy atom. The van der Waals surface area contributed by atoms with Crippen molar-refractivity contribution in [3.63, 3.8) is 0 Å². The summed E-state index contributed by atoms with van der Waals surface area (Å²) in [5.74, 6) is -0.252. The molecule has 3 rings (SSSR count). The standard InChI is InChI=1S/C15H23N3O2/c1-17-10-11(9-16-17)4-5-18-13-2-3-14(18)7-12(6-13)8-15(19)20/h9-10,12-14H,2-8H2,1H3,(H,19,20). The van der Waals surface area contributed by atoms with E-state index in [2.05, 4.69) is 16.2 Å². The molecule has 3 heterocycles. The number of carboxylic acids is 1. The van der Waals surface area contributed by atoms with Crippen molar-refractivity contribution in [1.29, 1.82) is 0 Å². The summed E-state index contributed by atoms with van der Waals surface area (Å²) >= 11 is 0. The molecule has 110 valence electrons. The van der Waals surface area contributed by atoms with Gasteiger partial charge in [0.1, 0.15) is 0 Å². The third kappa shape index (κ3) is 2.87. The fraction of sp³-hybridized carbons (Fsp3) is 0.733. The van der Waals surface area contributed by atoms with Crippen molar-refractivity contribution in [3.8, 4) is 0 Å². The topological polar surface area (TPSA) is 58.4 Å². The van der Waals surface area contributed by atoms with E-state index in [1.165, 1.54) is 18.4 Å². The molecule has 2 unspecified atom stereocenters. The molecule has 0 aliphatic carbocycles. The second-order valence-corrected chi connectivity index (χ2v) is 6.33. The van der Waals surface area contributed by atoms with Gasteiger partial charge in [-0.15, -0.1) is 0 Å². The summed E-state index contributed by atoms with van der Waals surface area (Å²) in [6.07, 6.45) is 10.0. The lowest BCUT2D eigenvalue weighted by Crippen LogP contribution is -2.44. The summed E-state index contributed by atoms with van der Waals surface area (Å²) < 4.78 is 1.85. The lowest BCUT2D eigenvalue weighted by molar-refractivity contribution is -0.138. The van der Waals surface area contributed by atoms with Crippen LogP contribution < -0.4 is 0 Å². The molecule has 0 aromatic carbocycles. The van der Waals surface area contributed by atoms with E-state index in [9.17, 15) is 4.79 Å². The first-order valence-electron chi connectivity index (χ1n) is 7.57. The predicted molar refractivity (Wildman–Crippen MR) is 75.4 cm³/mol. The van der Waals surface area contributed by atoms with Gasteiger partial charge in [-0.3, -0.25) is 14.4 Å². The molecule has 2 fully saturated rings. The van der Waals surface area contributed by atoms with Crippen LogP contribution in [0.2, 0.25) is 0 Å². The van der Waals surface area contributed by atoms with Crippen molar-refractivity contribution in [2.24, 2.45) is 13.0 Å². The number of hydrogen-bond donors (Lipinski definition) is 1. The Morgan fingerprint density at radius 3 is 2.65 bits per heavy atom. The van der Waals surface area contributed by atoms with E-state index in [0.29, 0.717) is 24.4 Å². The van der Waals surface area contributed by atoms with E-state index in [0.717, 1.165) is 25.8 Å². The summed E-state index contributed by atoms with van der Waals surface area (Å²) in [6, 6.07) is 1.21. The Morgan fingerprint density at radius 2 is 2.10 bits per heavy atom. The lowest BCUT2D eigenvalue weighted by Gasteiger charge is -2.38. The zero-order valence-electron chi connectivity index (χ0n) is 12.0. The van der Waals surface area contributed by atoms with E-state index in [-0.39, 0.29) is 0 Å². The summed E-state index contributed by atoms with van der Waals surface area (Å²) in [6.45, 7) is 1.08. The molecule has 0 radical (unpaired) electrons. The van der Waals surface area contributed by atoms with Crippen molar-refractivity contribution < 1.29 is 9.90 Å². The molecule has 2 aliphatic heterocycles. The normalized spacial score (nSPS) is 29.8. The number of aliphatic carboxylic acids is 1. The average Bonchev–Trinajstić information content (AvgIpc) is 2.88. The smallest absolute Gasteiger partial charge is 0.303 e. The quantitative estimate of drug-likeness (QED) is 0.889.